The van der Waals surface area contributed by atoms with Crippen LogP contribution in [0.15, 0.2) is 65.2 Å². The summed E-state index contributed by atoms with van der Waals surface area (Å²) >= 11 is 1.23. The Morgan fingerprint density at radius 3 is 2.55 bits per heavy atom. The predicted octanol–water partition coefficient (Wildman–Crippen LogP) is 3.66. The van der Waals surface area contributed by atoms with Crippen molar-refractivity contribution >= 4 is 29.3 Å². The molecule has 0 aliphatic carbocycles. The number of allylic oxidation sites excluding steroid dienone is 1. The average Bonchev–Trinajstić information content (AvgIpc) is 2.77. The largest absolute Gasteiger partial charge is 0.465 e. The van der Waals surface area contributed by atoms with Crippen LogP contribution in [0.1, 0.15) is 24.0 Å². The molecule has 0 fully saturated rings. The number of ether oxygens (including phenoxy) is 1. The van der Waals surface area contributed by atoms with Crippen molar-refractivity contribution in [2.75, 3.05) is 6.61 Å². The van der Waals surface area contributed by atoms with Gasteiger partial charge in [0.2, 0.25) is 5.91 Å². The van der Waals surface area contributed by atoms with Gasteiger partial charge in [-0.15, -0.1) is 11.8 Å². The number of carbonyl (C=O) groups excluding carboxylic acids is 2. The van der Waals surface area contributed by atoms with Gasteiger partial charge < -0.3 is 10.1 Å². The Hall–Kier alpha value is -3.64. The number of nitrogens with one attached hydrogen (secondary N) is 1. The number of carbonyl (C=O) groups is 2. The lowest BCUT2D eigenvalue weighted by atomic mass is 9.78. The Balaban J connectivity index is 2.11. The summed E-state index contributed by atoms with van der Waals surface area (Å²) < 4.78 is 5.05. The molecule has 0 spiro atoms. The van der Waals surface area contributed by atoms with Crippen LogP contribution in [0.2, 0.25) is 0 Å². The van der Waals surface area contributed by atoms with Gasteiger partial charge in [-0.3, -0.25) is 19.7 Å². The number of nitriles is 1. The summed E-state index contributed by atoms with van der Waals surface area (Å²) in [4.78, 5) is 36.6. The molecule has 1 aliphatic rings. The van der Waals surface area contributed by atoms with Gasteiger partial charge in [0, 0.05) is 17.4 Å². The van der Waals surface area contributed by atoms with Crippen molar-refractivity contribution in [2.45, 2.75) is 18.6 Å². The van der Waals surface area contributed by atoms with E-state index in [0.717, 1.165) is 5.56 Å². The minimum atomic E-state index is -1.41. The van der Waals surface area contributed by atoms with Crippen molar-refractivity contribution in [2.24, 2.45) is 5.92 Å². The molecule has 2 atom stereocenters. The minimum absolute atomic E-state index is 0.0352. The van der Waals surface area contributed by atoms with E-state index in [2.05, 4.69) is 11.4 Å². The molecule has 1 heterocycles. The van der Waals surface area contributed by atoms with Crippen LogP contribution in [0.5, 0.6) is 0 Å². The molecule has 1 N–H and O–H groups in total. The number of benzene rings is 2. The first kappa shape index (κ1) is 22.1. The summed E-state index contributed by atoms with van der Waals surface area (Å²) in [6, 6.07) is 17.3. The second kappa shape index (κ2) is 9.91. The molecular weight excluding hydrogens is 418 g/mol. The summed E-state index contributed by atoms with van der Waals surface area (Å²) in [6.45, 7) is 1.63. The fourth-order valence-corrected chi connectivity index (χ4v) is 4.41. The SMILES string of the molecule is CCOC(=O)[C@H]1C(=O)NC(SCc2ccccc2)=C(C#N)[C@H]1c1ccccc1[N+](=O)[O-]. The molecule has 0 aromatic heterocycles. The number of amides is 1. The van der Waals surface area contributed by atoms with E-state index < -0.39 is 28.6 Å². The van der Waals surface area contributed by atoms with Crippen LogP contribution in [0.25, 0.3) is 0 Å². The van der Waals surface area contributed by atoms with Crippen molar-refractivity contribution in [1.82, 2.24) is 5.32 Å². The van der Waals surface area contributed by atoms with Crippen molar-refractivity contribution < 1.29 is 19.2 Å². The van der Waals surface area contributed by atoms with Crippen LogP contribution in [-0.4, -0.2) is 23.4 Å². The lowest BCUT2D eigenvalue weighted by Gasteiger charge is -2.30. The molecule has 8 nitrogen and oxygen atoms in total. The van der Waals surface area contributed by atoms with Gasteiger partial charge in [-0.05, 0) is 12.5 Å². The highest BCUT2D eigenvalue weighted by Gasteiger charge is 2.46. The Morgan fingerprint density at radius 2 is 1.90 bits per heavy atom. The van der Waals surface area contributed by atoms with Crippen LogP contribution in [0, 0.1) is 27.4 Å². The van der Waals surface area contributed by atoms with Gasteiger partial charge in [0.15, 0.2) is 0 Å². The molecule has 3 rings (SSSR count). The first-order chi connectivity index (χ1) is 15.0. The number of hydrogen-bond acceptors (Lipinski definition) is 7. The standard InChI is InChI=1S/C22H19N3O5S/c1-2-30-22(27)19-18(15-10-6-7-11-17(15)25(28)29)16(12-23)21(24-20(19)26)31-13-14-8-4-3-5-9-14/h3-11,18-19H,2,13H2,1H3,(H,24,26)/t18-,19-/m1/s1. The highest BCUT2D eigenvalue weighted by molar-refractivity contribution is 8.02. The lowest BCUT2D eigenvalue weighted by molar-refractivity contribution is -0.385. The Bertz CT molecular complexity index is 1080. The molecular formula is C22H19N3O5S. The molecule has 0 saturated heterocycles. The zero-order valence-corrected chi connectivity index (χ0v) is 17.4. The fraction of sp³-hybridized carbons (Fsp3) is 0.227. The van der Waals surface area contributed by atoms with E-state index in [1.54, 1.807) is 13.0 Å². The second-order valence-electron chi connectivity index (χ2n) is 6.64. The van der Waals surface area contributed by atoms with Crippen LogP contribution in [-0.2, 0) is 20.1 Å². The van der Waals surface area contributed by atoms with Crippen molar-refractivity contribution in [3.63, 3.8) is 0 Å². The van der Waals surface area contributed by atoms with E-state index in [0.29, 0.717) is 5.75 Å². The summed E-state index contributed by atoms with van der Waals surface area (Å²) in [6.07, 6.45) is 0. The fourth-order valence-electron chi connectivity index (χ4n) is 3.41. The van der Waals surface area contributed by atoms with Crippen molar-refractivity contribution in [3.05, 3.63) is 86.4 Å². The maximum absolute atomic E-state index is 12.9. The highest BCUT2D eigenvalue weighted by atomic mass is 32.2. The highest BCUT2D eigenvalue weighted by Crippen LogP contribution is 2.43. The zero-order chi connectivity index (χ0) is 22.4. The van der Waals surface area contributed by atoms with E-state index in [9.17, 15) is 25.0 Å². The van der Waals surface area contributed by atoms with Gasteiger partial charge >= 0.3 is 5.97 Å². The third-order valence-corrected chi connectivity index (χ3v) is 5.85. The Kier molecular flexibility index (Phi) is 7.05. The van der Waals surface area contributed by atoms with Gasteiger partial charge in [-0.25, -0.2) is 0 Å². The van der Waals surface area contributed by atoms with Crippen molar-refractivity contribution in [1.29, 1.82) is 5.26 Å². The Morgan fingerprint density at radius 1 is 1.23 bits per heavy atom. The third-order valence-electron chi connectivity index (χ3n) is 4.76. The van der Waals surface area contributed by atoms with Crippen molar-refractivity contribution in [3.8, 4) is 6.07 Å². The lowest BCUT2D eigenvalue weighted by Crippen LogP contribution is -2.44. The predicted molar refractivity (Wildman–Crippen MR) is 114 cm³/mol. The first-order valence-corrected chi connectivity index (χ1v) is 10.5. The molecule has 2 aromatic rings. The molecule has 1 amide bonds. The van der Waals surface area contributed by atoms with Gasteiger partial charge in [0.25, 0.3) is 5.69 Å². The number of hydrogen-bond donors (Lipinski definition) is 1. The second-order valence-corrected chi connectivity index (χ2v) is 7.63. The van der Waals surface area contributed by atoms with E-state index in [-0.39, 0.29) is 28.5 Å². The summed E-state index contributed by atoms with van der Waals surface area (Å²) in [5.74, 6) is -3.55. The summed E-state index contributed by atoms with van der Waals surface area (Å²) in [5.41, 5.74) is 0.917. The normalized spacial score (nSPS) is 18.1. The van der Waals surface area contributed by atoms with E-state index in [4.69, 9.17) is 4.74 Å². The molecule has 0 saturated carbocycles. The van der Waals surface area contributed by atoms with E-state index in [1.165, 1.54) is 30.0 Å². The number of esters is 1. The van der Waals surface area contributed by atoms with Gasteiger partial charge in [-0.1, -0.05) is 48.5 Å². The smallest absolute Gasteiger partial charge is 0.319 e. The minimum Gasteiger partial charge on any atom is -0.465 e. The number of nitro groups is 1. The molecule has 31 heavy (non-hydrogen) atoms. The number of thioether (sulfide) groups is 1. The molecule has 2 aromatic carbocycles. The molecule has 0 bridgehead atoms. The summed E-state index contributed by atoms with van der Waals surface area (Å²) in [5, 5.41) is 24.5. The number of rotatable bonds is 7. The number of para-hydroxylation sites is 1. The molecule has 0 unspecified atom stereocenters. The van der Waals surface area contributed by atoms with Gasteiger partial charge in [0.05, 0.1) is 34.1 Å². The molecule has 9 heteroatoms. The maximum atomic E-state index is 12.9. The molecule has 0 radical (unpaired) electrons. The average molecular weight is 437 g/mol. The van der Waals surface area contributed by atoms with Crippen LogP contribution in [0.3, 0.4) is 0 Å². The quantitative estimate of drug-likeness (QED) is 0.303. The molecule has 1 aliphatic heterocycles. The van der Waals surface area contributed by atoms with E-state index in [1.807, 2.05) is 30.3 Å². The third kappa shape index (κ3) is 4.75. The van der Waals surface area contributed by atoms with Crippen LogP contribution >= 0.6 is 11.8 Å². The first-order valence-electron chi connectivity index (χ1n) is 9.49. The maximum Gasteiger partial charge on any atom is 0.319 e. The number of nitro benzene ring substituents is 1. The topological polar surface area (TPSA) is 122 Å². The zero-order valence-electron chi connectivity index (χ0n) is 16.6. The van der Waals surface area contributed by atoms with Crippen LogP contribution in [0.4, 0.5) is 5.69 Å². The Labute approximate surface area is 183 Å². The molecule has 158 valence electrons. The van der Waals surface area contributed by atoms with E-state index >= 15 is 0 Å². The van der Waals surface area contributed by atoms with Gasteiger partial charge in [0.1, 0.15) is 5.92 Å². The van der Waals surface area contributed by atoms with Gasteiger partial charge in [-0.2, -0.15) is 5.26 Å². The number of nitrogens with zero attached hydrogens (tertiary/aromatic N) is 2. The van der Waals surface area contributed by atoms with Crippen LogP contribution < -0.4 is 5.32 Å². The monoisotopic (exact) mass is 437 g/mol. The summed E-state index contributed by atoms with van der Waals surface area (Å²) in [7, 11) is 0.